The number of aliphatic hydroxyl groups is 1. The zero-order valence-corrected chi connectivity index (χ0v) is 11.9. The van der Waals surface area contributed by atoms with Crippen LogP contribution in [0.1, 0.15) is 22.3 Å². The lowest BCUT2D eigenvalue weighted by Gasteiger charge is -2.09. The molecule has 2 aromatic carbocycles. The van der Waals surface area contributed by atoms with Crippen molar-refractivity contribution in [1.82, 2.24) is 5.32 Å². The molecule has 2 rings (SSSR count). The Hall–Kier alpha value is -2.24. The van der Waals surface area contributed by atoms with Gasteiger partial charge in [-0.1, -0.05) is 36.4 Å². The summed E-state index contributed by atoms with van der Waals surface area (Å²) < 4.78 is 0. The molecule has 0 heterocycles. The number of aliphatic hydroxyl groups excluding tert-OH is 1. The van der Waals surface area contributed by atoms with Crippen molar-refractivity contribution in [3.63, 3.8) is 0 Å². The van der Waals surface area contributed by atoms with E-state index in [-0.39, 0.29) is 17.2 Å². The second-order valence-electron chi connectivity index (χ2n) is 4.91. The number of nitro groups is 1. The highest BCUT2D eigenvalue weighted by Crippen LogP contribution is 2.19. The fourth-order valence-corrected chi connectivity index (χ4v) is 2.19. The van der Waals surface area contributed by atoms with Gasteiger partial charge in [0, 0.05) is 24.7 Å². The van der Waals surface area contributed by atoms with Crippen molar-refractivity contribution in [2.24, 2.45) is 0 Å². The predicted molar refractivity (Wildman–Crippen MR) is 80.7 cm³/mol. The SMILES string of the molecule is Cc1ccc(CNCc2ccccc2CO)cc1[N+](=O)[O-]. The summed E-state index contributed by atoms with van der Waals surface area (Å²) in [6.45, 7) is 2.89. The molecule has 5 nitrogen and oxygen atoms in total. The number of nitrogens with one attached hydrogen (secondary N) is 1. The monoisotopic (exact) mass is 286 g/mol. The van der Waals surface area contributed by atoms with Gasteiger partial charge in [0.2, 0.25) is 0 Å². The Balaban J connectivity index is 2.00. The fourth-order valence-electron chi connectivity index (χ4n) is 2.19. The van der Waals surface area contributed by atoms with Crippen LogP contribution in [0.2, 0.25) is 0 Å². The molecule has 5 heteroatoms. The third kappa shape index (κ3) is 3.87. The maximum Gasteiger partial charge on any atom is 0.272 e. The largest absolute Gasteiger partial charge is 0.392 e. The normalized spacial score (nSPS) is 10.6. The number of aryl methyl sites for hydroxylation is 1. The summed E-state index contributed by atoms with van der Waals surface area (Å²) in [7, 11) is 0. The van der Waals surface area contributed by atoms with Crippen LogP contribution in [0.25, 0.3) is 0 Å². The quantitative estimate of drug-likeness (QED) is 0.632. The van der Waals surface area contributed by atoms with Crippen molar-refractivity contribution in [3.8, 4) is 0 Å². The first-order valence-corrected chi connectivity index (χ1v) is 6.74. The number of nitrogens with zero attached hydrogens (tertiary/aromatic N) is 1. The van der Waals surface area contributed by atoms with Crippen LogP contribution in [-0.4, -0.2) is 10.0 Å². The van der Waals surface area contributed by atoms with E-state index in [0.29, 0.717) is 18.7 Å². The molecule has 0 aliphatic heterocycles. The minimum Gasteiger partial charge on any atom is -0.392 e. The van der Waals surface area contributed by atoms with E-state index in [0.717, 1.165) is 16.7 Å². The minimum atomic E-state index is -0.361. The number of nitro benzene ring substituents is 1. The molecular weight excluding hydrogens is 268 g/mol. The van der Waals surface area contributed by atoms with Gasteiger partial charge in [-0.05, 0) is 23.6 Å². The molecule has 2 N–H and O–H groups in total. The van der Waals surface area contributed by atoms with Gasteiger partial charge < -0.3 is 10.4 Å². The van der Waals surface area contributed by atoms with E-state index in [1.807, 2.05) is 30.3 Å². The average Bonchev–Trinajstić information content (AvgIpc) is 2.49. The molecule has 0 radical (unpaired) electrons. The second-order valence-corrected chi connectivity index (χ2v) is 4.91. The van der Waals surface area contributed by atoms with Gasteiger partial charge in [0.05, 0.1) is 11.5 Å². The van der Waals surface area contributed by atoms with E-state index < -0.39 is 0 Å². The number of hydrogen-bond donors (Lipinski definition) is 2. The molecule has 0 spiro atoms. The molecule has 0 fully saturated rings. The predicted octanol–water partition coefficient (Wildman–Crippen LogP) is 2.69. The molecule has 0 amide bonds. The molecule has 0 saturated heterocycles. The van der Waals surface area contributed by atoms with Gasteiger partial charge in [-0.25, -0.2) is 0 Å². The zero-order chi connectivity index (χ0) is 15.2. The molecule has 2 aromatic rings. The molecule has 0 aliphatic rings. The molecule has 0 atom stereocenters. The maximum absolute atomic E-state index is 10.9. The summed E-state index contributed by atoms with van der Waals surface area (Å²) in [5.41, 5.74) is 3.59. The Morgan fingerprint density at radius 2 is 1.86 bits per heavy atom. The van der Waals surface area contributed by atoms with Gasteiger partial charge in [-0.15, -0.1) is 0 Å². The Kier molecular flexibility index (Phi) is 5.03. The van der Waals surface area contributed by atoms with Crippen LogP contribution in [0.4, 0.5) is 5.69 Å². The minimum absolute atomic E-state index is 0.00779. The van der Waals surface area contributed by atoms with E-state index in [4.69, 9.17) is 0 Å². The van der Waals surface area contributed by atoms with Crippen LogP contribution in [0.3, 0.4) is 0 Å². The molecule has 0 aliphatic carbocycles. The van der Waals surface area contributed by atoms with E-state index in [2.05, 4.69) is 5.32 Å². The topological polar surface area (TPSA) is 75.4 Å². The Bertz CT molecular complexity index is 641. The number of rotatable bonds is 6. The first kappa shape index (κ1) is 15.2. The van der Waals surface area contributed by atoms with E-state index in [9.17, 15) is 15.2 Å². The molecule has 0 bridgehead atoms. The number of benzene rings is 2. The summed E-state index contributed by atoms with van der Waals surface area (Å²) in [5.74, 6) is 0. The lowest BCUT2D eigenvalue weighted by atomic mass is 10.1. The van der Waals surface area contributed by atoms with Crippen molar-refractivity contribution in [2.75, 3.05) is 0 Å². The Morgan fingerprint density at radius 3 is 2.52 bits per heavy atom. The van der Waals surface area contributed by atoms with Crippen LogP contribution >= 0.6 is 0 Å². The molecule has 0 unspecified atom stereocenters. The summed E-state index contributed by atoms with van der Waals surface area (Å²) in [4.78, 5) is 10.5. The van der Waals surface area contributed by atoms with Gasteiger partial charge in [0.25, 0.3) is 5.69 Å². The third-order valence-electron chi connectivity index (χ3n) is 3.40. The van der Waals surface area contributed by atoms with Crippen LogP contribution in [-0.2, 0) is 19.7 Å². The van der Waals surface area contributed by atoms with Crippen molar-refractivity contribution in [2.45, 2.75) is 26.6 Å². The first-order chi connectivity index (χ1) is 10.1. The Morgan fingerprint density at radius 1 is 1.14 bits per heavy atom. The van der Waals surface area contributed by atoms with E-state index >= 15 is 0 Å². The lowest BCUT2D eigenvalue weighted by molar-refractivity contribution is -0.385. The summed E-state index contributed by atoms with van der Waals surface area (Å²) >= 11 is 0. The first-order valence-electron chi connectivity index (χ1n) is 6.74. The van der Waals surface area contributed by atoms with Gasteiger partial charge in [-0.3, -0.25) is 10.1 Å². The van der Waals surface area contributed by atoms with Gasteiger partial charge >= 0.3 is 0 Å². The lowest BCUT2D eigenvalue weighted by Crippen LogP contribution is -2.14. The summed E-state index contributed by atoms with van der Waals surface area (Å²) in [5, 5.41) is 23.4. The molecule has 21 heavy (non-hydrogen) atoms. The van der Waals surface area contributed by atoms with Crippen LogP contribution in [0.15, 0.2) is 42.5 Å². The standard InChI is InChI=1S/C16H18N2O3/c1-12-6-7-13(8-16(12)18(20)21)9-17-10-14-4-2-3-5-15(14)11-19/h2-8,17,19H,9-11H2,1H3. The average molecular weight is 286 g/mol. The highest BCUT2D eigenvalue weighted by molar-refractivity contribution is 5.42. The molecule has 0 saturated carbocycles. The smallest absolute Gasteiger partial charge is 0.272 e. The highest BCUT2D eigenvalue weighted by Gasteiger charge is 2.10. The van der Waals surface area contributed by atoms with Crippen LogP contribution in [0.5, 0.6) is 0 Å². The van der Waals surface area contributed by atoms with E-state index in [1.54, 1.807) is 19.1 Å². The maximum atomic E-state index is 10.9. The molecular formula is C16H18N2O3. The summed E-state index contributed by atoms with van der Waals surface area (Å²) in [6.07, 6.45) is 0. The van der Waals surface area contributed by atoms with Crippen molar-refractivity contribution in [1.29, 1.82) is 0 Å². The summed E-state index contributed by atoms with van der Waals surface area (Å²) in [6, 6.07) is 12.9. The van der Waals surface area contributed by atoms with Gasteiger partial charge in [0.15, 0.2) is 0 Å². The van der Waals surface area contributed by atoms with Crippen molar-refractivity contribution >= 4 is 5.69 Å². The van der Waals surface area contributed by atoms with Crippen LogP contribution in [0, 0.1) is 17.0 Å². The van der Waals surface area contributed by atoms with Crippen molar-refractivity contribution in [3.05, 3.63) is 74.8 Å². The zero-order valence-electron chi connectivity index (χ0n) is 11.9. The molecule has 0 aromatic heterocycles. The third-order valence-corrected chi connectivity index (χ3v) is 3.40. The van der Waals surface area contributed by atoms with Gasteiger partial charge in [-0.2, -0.15) is 0 Å². The Labute approximate surface area is 123 Å². The number of hydrogen-bond acceptors (Lipinski definition) is 4. The second kappa shape index (κ2) is 6.97. The highest BCUT2D eigenvalue weighted by atomic mass is 16.6. The van der Waals surface area contributed by atoms with Crippen molar-refractivity contribution < 1.29 is 10.0 Å². The fraction of sp³-hybridized carbons (Fsp3) is 0.250. The van der Waals surface area contributed by atoms with Gasteiger partial charge in [0.1, 0.15) is 0 Å². The molecule has 110 valence electrons. The van der Waals surface area contributed by atoms with Crippen LogP contribution < -0.4 is 5.32 Å². The van der Waals surface area contributed by atoms with E-state index in [1.165, 1.54) is 0 Å².